The van der Waals surface area contributed by atoms with E-state index in [9.17, 15) is 14.4 Å². The highest BCUT2D eigenvalue weighted by Gasteiger charge is 2.27. The van der Waals surface area contributed by atoms with Crippen molar-refractivity contribution in [1.29, 1.82) is 0 Å². The average molecular weight is 408 g/mol. The summed E-state index contributed by atoms with van der Waals surface area (Å²) in [6, 6.07) is 10.9. The number of hydrogen-bond donors (Lipinski definition) is 2. The van der Waals surface area contributed by atoms with Gasteiger partial charge in [0.05, 0.1) is 12.1 Å². The summed E-state index contributed by atoms with van der Waals surface area (Å²) in [5.74, 6) is -0.914. The van der Waals surface area contributed by atoms with E-state index in [0.717, 1.165) is 24.5 Å². The van der Waals surface area contributed by atoms with Crippen molar-refractivity contribution in [3.63, 3.8) is 0 Å². The topological polar surface area (TPSA) is 108 Å². The van der Waals surface area contributed by atoms with Crippen molar-refractivity contribution in [3.05, 3.63) is 52.5 Å². The first kappa shape index (κ1) is 18.3. The van der Waals surface area contributed by atoms with Crippen LogP contribution in [0.15, 0.2) is 45.6 Å². The Morgan fingerprint density at radius 2 is 1.87 bits per heavy atom. The Balaban J connectivity index is 1.20. The molecule has 5 rings (SSSR count). The average Bonchev–Trinajstić information content (AvgIpc) is 3.37. The summed E-state index contributed by atoms with van der Waals surface area (Å²) in [4.78, 5) is 42.5. The maximum absolute atomic E-state index is 12.6. The van der Waals surface area contributed by atoms with Crippen LogP contribution in [0.25, 0.3) is 11.1 Å². The number of rotatable bonds is 2. The fourth-order valence-corrected chi connectivity index (χ4v) is 3.89. The van der Waals surface area contributed by atoms with E-state index in [2.05, 4.69) is 21.3 Å². The highest BCUT2D eigenvalue weighted by molar-refractivity contribution is 6.39. The van der Waals surface area contributed by atoms with E-state index in [4.69, 9.17) is 9.15 Å². The summed E-state index contributed by atoms with van der Waals surface area (Å²) < 4.78 is 10.5. The molecule has 3 aromatic rings. The van der Waals surface area contributed by atoms with E-state index in [1.54, 1.807) is 17.0 Å². The SMILES string of the molecule is O=C(Nc1ccc2[nH]c(=O)oc2c1)C(=O)N1CCN(c2ccc3c(c2)CCO3)CC1. The number of piperazine rings is 1. The summed E-state index contributed by atoms with van der Waals surface area (Å²) in [5, 5.41) is 2.58. The Morgan fingerprint density at radius 1 is 1.03 bits per heavy atom. The molecule has 2 N–H and O–H groups in total. The van der Waals surface area contributed by atoms with Crippen LogP contribution in [0, 0.1) is 0 Å². The van der Waals surface area contributed by atoms with Crippen molar-refractivity contribution in [2.45, 2.75) is 6.42 Å². The van der Waals surface area contributed by atoms with Crippen molar-refractivity contribution in [2.24, 2.45) is 0 Å². The molecule has 0 aliphatic carbocycles. The van der Waals surface area contributed by atoms with Gasteiger partial charge in [0.25, 0.3) is 0 Å². The lowest BCUT2D eigenvalue weighted by molar-refractivity contribution is -0.143. The van der Waals surface area contributed by atoms with E-state index >= 15 is 0 Å². The maximum Gasteiger partial charge on any atom is 0.417 e. The molecule has 9 nitrogen and oxygen atoms in total. The van der Waals surface area contributed by atoms with Gasteiger partial charge in [0.2, 0.25) is 0 Å². The minimum absolute atomic E-state index is 0.318. The molecule has 0 radical (unpaired) electrons. The number of oxazole rings is 1. The third-order valence-corrected chi connectivity index (χ3v) is 5.48. The van der Waals surface area contributed by atoms with Gasteiger partial charge < -0.3 is 24.3 Å². The number of fused-ring (bicyclic) bond motifs is 2. The monoisotopic (exact) mass is 408 g/mol. The van der Waals surface area contributed by atoms with E-state index in [-0.39, 0.29) is 0 Å². The lowest BCUT2D eigenvalue weighted by Gasteiger charge is -2.35. The zero-order chi connectivity index (χ0) is 20.7. The van der Waals surface area contributed by atoms with Gasteiger partial charge in [0.1, 0.15) is 5.75 Å². The Morgan fingerprint density at radius 3 is 2.70 bits per heavy atom. The normalized spacial score (nSPS) is 15.7. The summed E-state index contributed by atoms with van der Waals surface area (Å²) in [5.41, 5.74) is 3.55. The molecular formula is C21H20N4O5. The molecule has 30 heavy (non-hydrogen) atoms. The minimum Gasteiger partial charge on any atom is -0.493 e. The highest BCUT2D eigenvalue weighted by atomic mass is 16.5. The van der Waals surface area contributed by atoms with Crippen LogP contribution in [-0.4, -0.2) is 54.5 Å². The molecular weight excluding hydrogens is 388 g/mol. The van der Waals surface area contributed by atoms with E-state index < -0.39 is 17.6 Å². The van der Waals surface area contributed by atoms with Crippen LogP contribution in [0.4, 0.5) is 11.4 Å². The van der Waals surface area contributed by atoms with Crippen molar-refractivity contribution in [1.82, 2.24) is 9.88 Å². The fraction of sp³-hybridized carbons (Fsp3) is 0.286. The van der Waals surface area contributed by atoms with Gasteiger partial charge in [0.15, 0.2) is 5.58 Å². The molecule has 0 saturated carbocycles. The summed E-state index contributed by atoms with van der Waals surface area (Å²) in [6.07, 6.45) is 0.916. The Labute approximate surface area is 171 Å². The molecule has 3 heterocycles. The standard InChI is InChI=1S/C21H20N4O5/c26-19(22-14-1-3-16-18(12-14)30-21(28)23-16)20(27)25-8-6-24(7-9-25)15-2-4-17-13(11-15)5-10-29-17/h1-4,11-12H,5-10H2,(H,22,26)(H,23,28). The first-order valence-corrected chi connectivity index (χ1v) is 9.81. The second-order valence-electron chi connectivity index (χ2n) is 7.35. The van der Waals surface area contributed by atoms with Gasteiger partial charge in [-0.15, -0.1) is 0 Å². The number of ether oxygens (including phenoxy) is 1. The molecule has 1 saturated heterocycles. The van der Waals surface area contributed by atoms with E-state index in [0.29, 0.717) is 43.0 Å². The van der Waals surface area contributed by atoms with Crippen LogP contribution in [0.3, 0.4) is 0 Å². The van der Waals surface area contributed by atoms with Crippen molar-refractivity contribution in [3.8, 4) is 5.75 Å². The van der Waals surface area contributed by atoms with Gasteiger partial charge in [-0.1, -0.05) is 0 Å². The smallest absolute Gasteiger partial charge is 0.417 e. The van der Waals surface area contributed by atoms with Gasteiger partial charge >= 0.3 is 17.6 Å². The number of nitrogens with zero attached hydrogens (tertiary/aromatic N) is 2. The molecule has 2 aliphatic heterocycles. The van der Waals surface area contributed by atoms with Gasteiger partial charge in [0, 0.05) is 50.0 Å². The number of anilines is 2. The number of hydrogen-bond acceptors (Lipinski definition) is 6. The number of carbonyl (C=O) groups excluding carboxylic acids is 2. The molecule has 9 heteroatoms. The molecule has 1 aromatic heterocycles. The molecule has 1 fully saturated rings. The Kier molecular flexibility index (Phi) is 4.42. The summed E-state index contributed by atoms with van der Waals surface area (Å²) in [6.45, 7) is 2.95. The first-order valence-electron chi connectivity index (χ1n) is 9.81. The minimum atomic E-state index is -0.713. The van der Waals surface area contributed by atoms with Crippen molar-refractivity contribution < 1.29 is 18.7 Å². The fourth-order valence-electron chi connectivity index (χ4n) is 3.89. The van der Waals surface area contributed by atoms with Gasteiger partial charge in [-0.3, -0.25) is 14.6 Å². The number of aromatic nitrogens is 1. The van der Waals surface area contributed by atoms with E-state index in [1.807, 2.05) is 12.1 Å². The second kappa shape index (κ2) is 7.25. The van der Waals surface area contributed by atoms with Crippen LogP contribution in [0.5, 0.6) is 5.75 Å². The number of aromatic amines is 1. The third-order valence-electron chi connectivity index (χ3n) is 5.48. The molecule has 0 atom stereocenters. The predicted octanol–water partition coefficient (Wildman–Crippen LogP) is 1.34. The first-order chi connectivity index (χ1) is 14.6. The predicted molar refractivity (Wildman–Crippen MR) is 110 cm³/mol. The van der Waals surface area contributed by atoms with Crippen LogP contribution in [0.1, 0.15) is 5.56 Å². The maximum atomic E-state index is 12.6. The number of benzene rings is 2. The van der Waals surface area contributed by atoms with Crippen LogP contribution >= 0.6 is 0 Å². The quantitative estimate of drug-likeness (QED) is 0.620. The Hall–Kier alpha value is -3.75. The van der Waals surface area contributed by atoms with Crippen LogP contribution < -0.4 is 20.7 Å². The van der Waals surface area contributed by atoms with Crippen LogP contribution in [-0.2, 0) is 16.0 Å². The summed E-state index contributed by atoms with van der Waals surface area (Å²) >= 11 is 0. The van der Waals surface area contributed by atoms with Gasteiger partial charge in [-0.2, -0.15) is 0 Å². The largest absolute Gasteiger partial charge is 0.493 e. The summed E-state index contributed by atoms with van der Waals surface area (Å²) in [7, 11) is 0. The third kappa shape index (κ3) is 3.38. The number of carbonyl (C=O) groups is 2. The molecule has 2 aromatic carbocycles. The molecule has 0 bridgehead atoms. The molecule has 2 amide bonds. The lowest BCUT2D eigenvalue weighted by Crippen LogP contribution is -2.51. The zero-order valence-electron chi connectivity index (χ0n) is 16.1. The van der Waals surface area contributed by atoms with Crippen molar-refractivity contribution in [2.75, 3.05) is 43.0 Å². The molecule has 0 spiro atoms. The number of amides is 2. The zero-order valence-corrected chi connectivity index (χ0v) is 16.1. The number of nitrogens with one attached hydrogen (secondary N) is 2. The van der Waals surface area contributed by atoms with Gasteiger partial charge in [-0.25, -0.2) is 4.79 Å². The molecule has 0 unspecified atom stereocenters. The lowest BCUT2D eigenvalue weighted by atomic mass is 10.1. The molecule has 2 aliphatic rings. The van der Waals surface area contributed by atoms with E-state index in [1.165, 1.54) is 11.6 Å². The van der Waals surface area contributed by atoms with Crippen molar-refractivity contribution >= 4 is 34.3 Å². The van der Waals surface area contributed by atoms with Crippen LogP contribution in [0.2, 0.25) is 0 Å². The highest BCUT2D eigenvalue weighted by Crippen LogP contribution is 2.30. The Bertz CT molecular complexity index is 1190. The second-order valence-corrected chi connectivity index (χ2v) is 7.35. The number of H-pyrrole nitrogens is 1. The molecule has 154 valence electrons. The van der Waals surface area contributed by atoms with Gasteiger partial charge in [-0.05, 0) is 35.9 Å².